The highest BCUT2D eigenvalue weighted by atomic mass is 32.1. The molecule has 1 unspecified atom stereocenters. The molecule has 2 aliphatic rings. The van der Waals surface area contributed by atoms with Crippen molar-refractivity contribution in [3.8, 4) is 0 Å². The van der Waals surface area contributed by atoms with E-state index in [4.69, 9.17) is 4.42 Å². The maximum absolute atomic E-state index is 12.8. The number of carbonyl (C=O) groups is 2. The topological polar surface area (TPSA) is 78.7 Å². The molecule has 1 fully saturated rings. The number of nitrogens with zero attached hydrogens (tertiary/aromatic N) is 3. The van der Waals surface area contributed by atoms with Gasteiger partial charge in [0.2, 0.25) is 5.91 Å². The summed E-state index contributed by atoms with van der Waals surface area (Å²) in [5, 5.41) is 5.12. The number of furan rings is 1. The van der Waals surface area contributed by atoms with Crippen LogP contribution in [0.5, 0.6) is 0 Å². The van der Waals surface area contributed by atoms with Crippen LogP contribution in [0.3, 0.4) is 0 Å². The SMILES string of the molecule is O=C(Nc1ccc(N2CCc3sccc3C2)nc1)C1CCCN(C(=O)c2ccco2)C1. The van der Waals surface area contributed by atoms with Gasteiger partial charge in [-0.25, -0.2) is 4.98 Å². The number of pyridine rings is 1. The summed E-state index contributed by atoms with van der Waals surface area (Å²) in [5.41, 5.74) is 2.05. The molecule has 5 rings (SSSR count). The minimum atomic E-state index is -0.244. The molecule has 160 valence electrons. The molecule has 31 heavy (non-hydrogen) atoms. The van der Waals surface area contributed by atoms with Crippen molar-refractivity contribution in [2.24, 2.45) is 5.92 Å². The number of aromatic nitrogens is 1. The van der Waals surface area contributed by atoms with Crippen molar-refractivity contribution < 1.29 is 14.0 Å². The molecule has 8 heteroatoms. The number of hydrogen-bond donors (Lipinski definition) is 1. The standard InChI is InChI=1S/C23H24N4O3S/c28-22(17-3-1-9-27(15-17)23(29)19-4-2-11-30-19)25-18-5-6-21(24-13-18)26-10-7-20-16(14-26)8-12-31-20/h2,4-6,8,11-13,17H,1,3,7,9-10,14-15H2,(H,25,28). The van der Waals surface area contributed by atoms with E-state index in [9.17, 15) is 9.59 Å². The summed E-state index contributed by atoms with van der Waals surface area (Å²) >= 11 is 1.82. The van der Waals surface area contributed by atoms with Crippen molar-refractivity contribution in [2.75, 3.05) is 29.9 Å². The van der Waals surface area contributed by atoms with E-state index in [2.05, 4.69) is 26.6 Å². The summed E-state index contributed by atoms with van der Waals surface area (Å²) in [6.45, 7) is 2.86. The van der Waals surface area contributed by atoms with E-state index in [1.165, 1.54) is 16.7 Å². The van der Waals surface area contributed by atoms with Gasteiger partial charge in [0.05, 0.1) is 24.1 Å². The second-order valence-electron chi connectivity index (χ2n) is 8.00. The summed E-state index contributed by atoms with van der Waals surface area (Å²) < 4.78 is 5.21. The minimum Gasteiger partial charge on any atom is -0.459 e. The first-order chi connectivity index (χ1) is 15.2. The Morgan fingerprint density at radius 2 is 2.13 bits per heavy atom. The van der Waals surface area contributed by atoms with Gasteiger partial charge in [-0.1, -0.05) is 0 Å². The van der Waals surface area contributed by atoms with Gasteiger partial charge in [0.1, 0.15) is 5.82 Å². The lowest BCUT2D eigenvalue weighted by Crippen LogP contribution is -2.43. The molecule has 1 N–H and O–H groups in total. The Kier molecular flexibility index (Phi) is 5.46. The zero-order chi connectivity index (χ0) is 21.2. The number of likely N-dealkylation sites (tertiary alicyclic amines) is 1. The zero-order valence-corrected chi connectivity index (χ0v) is 17.9. The van der Waals surface area contributed by atoms with E-state index in [0.717, 1.165) is 38.2 Å². The molecule has 0 aliphatic carbocycles. The van der Waals surface area contributed by atoms with Gasteiger partial charge in [-0.3, -0.25) is 9.59 Å². The molecule has 3 aromatic rings. The fourth-order valence-corrected chi connectivity index (χ4v) is 5.16. The quantitative estimate of drug-likeness (QED) is 0.673. The largest absolute Gasteiger partial charge is 0.459 e. The van der Waals surface area contributed by atoms with Crippen LogP contribution in [-0.4, -0.2) is 41.3 Å². The van der Waals surface area contributed by atoms with Gasteiger partial charge >= 0.3 is 0 Å². The maximum atomic E-state index is 12.8. The third-order valence-electron chi connectivity index (χ3n) is 5.96. The first-order valence-electron chi connectivity index (χ1n) is 10.6. The zero-order valence-electron chi connectivity index (χ0n) is 17.1. The Hall–Kier alpha value is -3.13. The second-order valence-corrected chi connectivity index (χ2v) is 9.00. The van der Waals surface area contributed by atoms with E-state index >= 15 is 0 Å². The average Bonchev–Trinajstić information content (AvgIpc) is 3.51. The van der Waals surface area contributed by atoms with Gasteiger partial charge < -0.3 is 19.5 Å². The van der Waals surface area contributed by atoms with E-state index in [-0.39, 0.29) is 17.7 Å². The summed E-state index contributed by atoms with van der Waals surface area (Å²) in [4.78, 5) is 35.3. The van der Waals surface area contributed by atoms with Crippen molar-refractivity contribution in [3.05, 3.63) is 64.4 Å². The molecule has 5 heterocycles. The molecule has 3 aromatic heterocycles. The van der Waals surface area contributed by atoms with Crippen LogP contribution in [0, 0.1) is 5.92 Å². The Morgan fingerprint density at radius 1 is 1.19 bits per heavy atom. The highest BCUT2D eigenvalue weighted by molar-refractivity contribution is 7.10. The van der Waals surface area contributed by atoms with E-state index < -0.39 is 0 Å². The fourth-order valence-electron chi connectivity index (χ4n) is 4.27. The summed E-state index contributed by atoms with van der Waals surface area (Å²) in [6, 6.07) is 9.39. The Morgan fingerprint density at radius 3 is 2.94 bits per heavy atom. The molecule has 0 saturated carbocycles. The van der Waals surface area contributed by atoms with Gasteiger partial charge in [-0.15, -0.1) is 11.3 Å². The van der Waals surface area contributed by atoms with Crippen LogP contribution < -0.4 is 10.2 Å². The second kappa shape index (κ2) is 8.55. The maximum Gasteiger partial charge on any atom is 0.289 e. The Balaban J connectivity index is 1.19. The predicted molar refractivity (Wildman–Crippen MR) is 119 cm³/mol. The third kappa shape index (κ3) is 4.20. The predicted octanol–water partition coefficient (Wildman–Crippen LogP) is 3.79. The van der Waals surface area contributed by atoms with Gasteiger partial charge in [-0.05, 0) is 60.5 Å². The molecule has 0 radical (unpaired) electrons. The number of nitrogens with one attached hydrogen (secondary N) is 1. The average molecular weight is 437 g/mol. The number of amides is 2. The summed E-state index contributed by atoms with van der Waals surface area (Å²) in [7, 11) is 0. The first kappa shape index (κ1) is 19.8. The number of hydrogen-bond acceptors (Lipinski definition) is 6. The molecular formula is C23H24N4O3S. The first-order valence-corrected chi connectivity index (χ1v) is 11.5. The molecule has 1 atom stereocenters. The van der Waals surface area contributed by atoms with Gasteiger partial charge in [0.25, 0.3) is 5.91 Å². The van der Waals surface area contributed by atoms with Crippen molar-refractivity contribution in [2.45, 2.75) is 25.8 Å². The van der Waals surface area contributed by atoms with Crippen molar-refractivity contribution >= 4 is 34.7 Å². The molecule has 2 aliphatic heterocycles. The van der Waals surface area contributed by atoms with E-state index in [0.29, 0.717) is 24.5 Å². The van der Waals surface area contributed by atoms with Crippen LogP contribution in [-0.2, 0) is 17.8 Å². The van der Waals surface area contributed by atoms with Gasteiger partial charge in [-0.2, -0.15) is 0 Å². The molecule has 7 nitrogen and oxygen atoms in total. The molecular weight excluding hydrogens is 412 g/mol. The number of rotatable bonds is 4. The van der Waals surface area contributed by atoms with Crippen molar-refractivity contribution in [1.82, 2.24) is 9.88 Å². The van der Waals surface area contributed by atoms with E-state index in [1.807, 2.05) is 23.5 Å². The lowest BCUT2D eigenvalue weighted by Gasteiger charge is -2.31. The fraction of sp³-hybridized carbons (Fsp3) is 0.348. The van der Waals surface area contributed by atoms with Crippen LogP contribution in [0.15, 0.2) is 52.6 Å². The normalized spacial score (nSPS) is 18.5. The highest BCUT2D eigenvalue weighted by Gasteiger charge is 2.30. The Labute approximate surface area is 184 Å². The number of anilines is 2. The summed E-state index contributed by atoms with van der Waals surface area (Å²) in [5.74, 6) is 0.749. The number of carbonyl (C=O) groups excluding carboxylic acids is 2. The number of fused-ring (bicyclic) bond motifs is 1. The number of thiophene rings is 1. The van der Waals surface area contributed by atoms with E-state index in [1.54, 1.807) is 23.2 Å². The van der Waals surface area contributed by atoms with Gasteiger partial charge in [0, 0.05) is 31.1 Å². The van der Waals surface area contributed by atoms with Crippen LogP contribution in [0.1, 0.15) is 33.8 Å². The highest BCUT2D eigenvalue weighted by Crippen LogP contribution is 2.27. The van der Waals surface area contributed by atoms with Gasteiger partial charge in [0.15, 0.2) is 5.76 Å². The molecule has 0 spiro atoms. The minimum absolute atomic E-state index is 0.0765. The molecule has 0 bridgehead atoms. The molecule has 2 amide bonds. The monoisotopic (exact) mass is 436 g/mol. The Bertz CT molecular complexity index is 1060. The smallest absolute Gasteiger partial charge is 0.289 e. The van der Waals surface area contributed by atoms with Crippen LogP contribution in [0.2, 0.25) is 0 Å². The number of piperidine rings is 1. The third-order valence-corrected chi connectivity index (χ3v) is 6.98. The van der Waals surface area contributed by atoms with Crippen molar-refractivity contribution in [3.63, 3.8) is 0 Å². The van der Waals surface area contributed by atoms with Crippen LogP contribution >= 0.6 is 11.3 Å². The van der Waals surface area contributed by atoms with Crippen molar-refractivity contribution in [1.29, 1.82) is 0 Å². The summed E-state index contributed by atoms with van der Waals surface area (Å²) in [6.07, 6.45) is 5.80. The van der Waals surface area contributed by atoms with Crippen LogP contribution in [0.4, 0.5) is 11.5 Å². The molecule has 0 aromatic carbocycles. The van der Waals surface area contributed by atoms with Crippen LogP contribution in [0.25, 0.3) is 0 Å². The molecule has 1 saturated heterocycles. The lowest BCUT2D eigenvalue weighted by molar-refractivity contribution is -0.121. The lowest BCUT2D eigenvalue weighted by atomic mass is 9.97.